The third-order valence-corrected chi connectivity index (χ3v) is 4.06. The Morgan fingerprint density at radius 2 is 1.80 bits per heavy atom. The first kappa shape index (κ1) is 21.0. The van der Waals surface area contributed by atoms with Crippen molar-refractivity contribution in [1.82, 2.24) is 0 Å². The van der Waals surface area contributed by atoms with Gasteiger partial charge >= 0.3 is 0 Å². The van der Waals surface area contributed by atoms with E-state index in [-0.39, 0.29) is 0 Å². The molecule has 136 valence electrons. The first-order valence-corrected chi connectivity index (χ1v) is 9.50. The molecule has 1 heteroatoms. The summed E-state index contributed by atoms with van der Waals surface area (Å²) in [5, 5.41) is 0. The van der Waals surface area contributed by atoms with E-state index in [0.29, 0.717) is 6.61 Å². The minimum absolute atomic E-state index is 0.715. The molecule has 0 aliphatic heterocycles. The maximum Gasteiger partial charge on any atom is 0.119 e. The van der Waals surface area contributed by atoms with Crippen LogP contribution in [0.4, 0.5) is 0 Å². The van der Waals surface area contributed by atoms with Crippen molar-refractivity contribution in [3.8, 4) is 5.75 Å². The molecule has 0 heterocycles. The molecular formula is C24H34O. The van der Waals surface area contributed by atoms with Crippen molar-refractivity contribution >= 4 is 0 Å². The van der Waals surface area contributed by atoms with Crippen molar-refractivity contribution in [2.45, 2.75) is 59.3 Å². The van der Waals surface area contributed by atoms with E-state index in [1.165, 1.54) is 42.4 Å². The summed E-state index contributed by atoms with van der Waals surface area (Å²) in [7, 11) is 0. The molecule has 0 atom stereocenters. The lowest BCUT2D eigenvalue weighted by atomic mass is 10.1. The van der Waals surface area contributed by atoms with Gasteiger partial charge in [0.25, 0.3) is 0 Å². The molecule has 1 aliphatic rings. The van der Waals surface area contributed by atoms with E-state index in [4.69, 9.17) is 4.74 Å². The Morgan fingerprint density at radius 1 is 1.04 bits per heavy atom. The van der Waals surface area contributed by atoms with Crippen LogP contribution in [0, 0.1) is 6.92 Å². The number of unbranched alkanes of at least 4 members (excludes halogenated alkanes) is 2. The fraction of sp³-hybridized carbons (Fsp3) is 0.417. The van der Waals surface area contributed by atoms with E-state index in [1.54, 1.807) is 0 Å². The normalized spacial score (nSPS) is 13.1. The maximum atomic E-state index is 5.43. The molecule has 0 amide bonds. The second kappa shape index (κ2) is 13.3. The summed E-state index contributed by atoms with van der Waals surface area (Å²) in [5.41, 5.74) is 4.16. The summed E-state index contributed by atoms with van der Waals surface area (Å²) in [6, 6.07) is 8.06. The summed E-state index contributed by atoms with van der Waals surface area (Å²) in [4.78, 5) is 0. The van der Waals surface area contributed by atoms with Crippen molar-refractivity contribution in [1.29, 1.82) is 0 Å². The van der Waals surface area contributed by atoms with Crippen LogP contribution in [-0.2, 0) is 0 Å². The number of ether oxygens (including phenoxy) is 1. The van der Waals surface area contributed by atoms with Gasteiger partial charge in [-0.25, -0.2) is 0 Å². The zero-order valence-corrected chi connectivity index (χ0v) is 16.3. The minimum atomic E-state index is 0.715. The molecule has 0 spiro atoms. The van der Waals surface area contributed by atoms with Gasteiger partial charge in [0.1, 0.15) is 5.75 Å². The zero-order chi connectivity index (χ0) is 18.3. The van der Waals surface area contributed by atoms with E-state index < -0.39 is 0 Å². The van der Waals surface area contributed by atoms with Crippen molar-refractivity contribution < 1.29 is 4.74 Å². The predicted octanol–water partition coefficient (Wildman–Crippen LogP) is 7.35. The topological polar surface area (TPSA) is 9.23 Å². The molecule has 1 aromatic carbocycles. The monoisotopic (exact) mass is 338 g/mol. The SMILES string of the molecule is C=CCCOc1ccc(C)cc1.CCCCCC1=CCC=C(C)C=C1. The standard InChI is InChI=1S/C13H20.C11H14O/c1-3-4-5-8-13-9-6-7-12(2)10-11-13;1-3-4-9-12-11-7-5-10(2)6-8-11/h7,9-11H,3-6,8H2,1-2H3;3,5-8H,1,4,9H2,2H3. The maximum absolute atomic E-state index is 5.43. The first-order chi connectivity index (χ1) is 12.2. The van der Waals surface area contributed by atoms with Gasteiger partial charge in [0.2, 0.25) is 0 Å². The van der Waals surface area contributed by atoms with Crippen LogP contribution in [0.1, 0.15) is 57.9 Å². The third-order valence-electron chi connectivity index (χ3n) is 4.06. The minimum Gasteiger partial charge on any atom is -0.493 e. The molecule has 0 unspecified atom stereocenters. The number of rotatable bonds is 8. The summed E-state index contributed by atoms with van der Waals surface area (Å²) >= 11 is 0. The van der Waals surface area contributed by atoms with Crippen LogP contribution < -0.4 is 4.74 Å². The molecule has 0 aromatic heterocycles. The highest BCUT2D eigenvalue weighted by molar-refractivity contribution is 5.31. The van der Waals surface area contributed by atoms with Gasteiger partial charge in [-0.1, -0.05) is 79.0 Å². The summed E-state index contributed by atoms with van der Waals surface area (Å²) in [5.74, 6) is 0.933. The lowest BCUT2D eigenvalue weighted by Crippen LogP contribution is -1.94. The van der Waals surface area contributed by atoms with Crippen LogP contribution in [-0.4, -0.2) is 6.61 Å². The molecule has 1 aromatic rings. The first-order valence-electron chi connectivity index (χ1n) is 9.50. The second-order valence-corrected chi connectivity index (χ2v) is 6.49. The highest BCUT2D eigenvalue weighted by Crippen LogP contribution is 2.16. The predicted molar refractivity (Wildman–Crippen MR) is 111 cm³/mol. The Hall–Kier alpha value is -2.02. The van der Waals surface area contributed by atoms with Crippen LogP contribution in [0.15, 0.2) is 72.4 Å². The number of aryl methyl sites for hydroxylation is 1. The molecule has 0 radical (unpaired) electrons. The van der Waals surface area contributed by atoms with Gasteiger partial charge in [-0.15, -0.1) is 6.58 Å². The number of hydrogen-bond acceptors (Lipinski definition) is 1. The lowest BCUT2D eigenvalue weighted by molar-refractivity contribution is 0.325. The largest absolute Gasteiger partial charge is 0.493 e. The van der Waals surface area contributed by atoms with Crippen molar-refractivity contribution in [3.05, 3.63) is 77.9 Å². The zero-order valence-electron chi connectivity index (χ0n) is 16.3. The van der Waals surface area contributed by atoms with Crippen molar-refractivity contribution in [3.63, 3.8) is 0 Å². The van der Waals surface area contributed by atoms with Crippen molar-refractivity contribution in [2.75, 3.05) is 6.61 Å². The van der Waals surface area contributed by atoms with E-state index in [2.05, 4.69) is 51.7 Å². The quantitative estimate of drug-likeness (QED) is 0.355. The molecule has 0 fully saturated rings. The van der Waals surface area contributed by atoms with E-state index in [0.717, 1.165) is 18.6 Å². The van der Waals surface area contributed by atoms with Gasteiger partial charge in [0, 0.05) is 0 Å². The van der Waals surface area contributed by atoms with Crippen LogP contribution in [0.3, 0.4) is 0 Å². The van der Waals surface area contributed by atoms with Gasteiger partial charge < -0.3 is 4.74 Å². The highest BCUT2D eigenvalue weighted by Gasteiger charge is 1.95. The Balaban J connectivity index is 0.000000251. The summed E-state index contributed by atoms with van der Waals surface area (Å²) in [6.45, 7) is 10.8. The molecule has 1 aliphatic carbocycles. The van der Waals surface area contributed by atoms with Crippen LogP contribution >= 0.6 is 0 Å². The Morgan fingerprint density at radius 3 is 2.48 bits per heavy atom. The average Bonchev–Trinajstić information content (AvgIpc) is 2.82. The van der Waals surface area contributed by atoms with E-state index >= 15 is 0 Å². The highest BCUT2D eigenvalue weighted by atomic mass is 16.5. The van der Waals surface area contributed by atoms with E-state index in [1.807, 2.05) is 30.3 Å². The molecule has 2 rings (SSSR count). The molecule has 1 nitrogen and oxygen atoms in total. The smallest absolute Gasteiger partial charge is 0.119 e. The van der Waals surface area contributed by atoms with Crippen LogP contribution in [0.5, 0.6) is 5.75 Å². The van der Waals surface area contributed by atoms with Gasteiger partial charge in [-0.3, -0.25) is 0 Å². The fourth-order valence-electron chi connectivity index (χ4n) is 2.43. The Labute approximate surface area is 154 Å². The molecular weight excluding hydrogens is 304 g/mol. The van der Waals surface area contributed by atoms with Gasteiger partial charge in [0.05, 0.1) is 6.61 Å². The number of hydrogen-bond donors (Lipinski definition) is 0. The summed E-state index contributed by atoms with van der Waals surface area (Å²) < 4.78 is 5.43. The molecule has 25 heavy (non-hydrogen) atoms. The average molecular weight is 339 g/mol. The van der Waals surface area contributed by atoms with Crippen molar-refractivity contribution in [2.24, 2.45) is 0 Å². The molecule has 0 N–H and O–H groups in total. The fourth-order valence-corrected chi connectivity index (χ4v) is 2.43. The lowest BCUT2D eigenvalue weighted by Gasteiger charge is -2.03. The van der Waals surface area contributed by atoms with Gasteiger partial charge in [-0.05, 0) is 51.7 Å². The van der Waals surface area contributed by atoms with Gasteiger partial charge in [0.15, 0.2) is 0 Å². The van der Waals surface area contributed by atoms with E-state index in [9.17, 15) is 0 Å². The van der Waals surface area contributed by atoms with Crippen LogP contribution in [0.2, 0.25) is 0 Å². The summed E-state index contributed by atoms with van der Waals surface area (Å²) in [6.07, 6.45) is 18.3. The van der Waals surface area contributed by atoms with Crippen LogP contribution in [0.25, 0.3) is 0 Å². The third kappa shape index (κ3) is 10.4. The van der Waals surface area contributed by atoms with Gasteiger partial charge in [-0.2, -0.15) is 0 Å². The second-order valence-electron chi connectivity index (χ2n) is 6.49. The Kier molecular flexibility index (Phi) is 11.2. The number of allylic oxidation sites excluding steroid dienone is 6. The Bertz CT molecular complexity index is 573. The number of benzene rings is 1. The molecule has 0 saturated heterocycles. The molecule has 0 saturated carbocycles. The molecule has 0 bridgehead atoms.